The van der Waals surface area contributed by atoms with Gasteiger partial charge in [-0.1, -0.05) is 18.2 Å². The fourth-order valence-corrected chi connectivity index (χ4v) is 2.45. The van der Waals surface area contributed by atoms with Crippen molar-refractivity contribution in [3.05, 3.63) is 60.0 Å². The molecule has 0 saturated carbocycles. The Bertz CT molecular complexity index is 884. The van der Waals surface area contributed by atoms with Crippen LogP contribution < -0.4 is 15.4 Å². The summed E-state index contributed by atoms with van der Waals surface area (Å²) in [6, 6.07) is 11.4. The van der Waals surface area contributed by atoms with Gasteiger partial charge in [0.1, 0.15) is 18.2 Å². The minimum atomic E-state index is -0.263. The highest BCUT2D eigenvalue weighted by molar-refractivity contribution is 5.92. The van der Waals surface area contributed by atoms with Crippen LogP contribution >= 0.6 is 12.4 Å². The maximum Gasteiger partial charge on any atom is 0.320 e. The zero-order valence-electron chi connectivity index (χ0n) is 14.7. The normalized spacial score (nSPS) is 10.1. The number of carbonyl (C=O) groups excluding carboxylic acids is 1. The molecule has 0 atom stereocenters. The minimum Gasteiger partial charge on any atom is -0.487 e. The van der Waals surface area contributed by atoms with Crippen molar-refractivity contribution in [2.45, 2.75) is 20.5 Å². The number of benzene rings is 1. The number of hydrogen-bond donors (Lipinski definition) is 2. The number of nitrogens with one attached hydrogen (secondary N) is 2. The largest absolute Gasteiger partial charge is 0.487 e. The van der Waals surface area contributed by atoms with Gasteiger partial charge in [-0.15, -0.1) is 12.4 Å². The third kappa shape index (κ3) is 4.83. The highest BCUT2D eigenvalue weighted by Gasteiger charge is 2.06. The van der Waals surface area contributed by atoms with Crippen molar-refractivity contribution in [3.63, 3.8) is 0 Å². The molecule has 3 aromatic rings. The summed E-state index contributed by atoms with van der Waals surface area (Å²) in [6.45, 7) is 4.79. The Balaban J connectivity index is 0.00000243. The first kappa shape index (κ1) is 19.5. The highest BCUT2D eigenvalue weighted by atomic mass is 35.5. The van der Waals surface area contributed by atoms with Crippen LogP contribution in [0.3, 0.4) is 0 Å². The molecule has 6 nitrogen and oxygen atoms in total. The molecule has 2 heterocycles. The number of ether oxygens (including phenoxy) is 1. The van der Waals surface area contributed by atoms with Gasteiger partial charge in [0.05, 0.1) is 6.20 Å². The standard InChI is InChI=1S/C19H20N4O2.ClH/c1-3-20-19(24)23-18-9-14-5-4-6-15(17(14)11-22-18)12-25-16-8-7-13(2)21-10-16;/h4-11H,3,12H2,1-2H3,(H2,20,22,23,24);1H. The average Bonchev–Trinajstić information content (AvgIpc) is 2.61. The van der Waals surface area contributed by atoms with Crippen LogP contribution in [-0.2, 0) is 6.61 Å². The lowest BCUT2D eigenvalue weighted by Crippen LogP contribution is -2.28. The Kier molecular flexibility index (Phi) is 6.74. The SMILES string of the molecule is CCNC(=O)Nc1cc2cccc(COc3ccc(C)nc3)c2cn1.Cl. The predicted octanol–water partition coefficient (Wildman–Crippen LogP) is 4.08. The molecule has 7 heteroatoms. The summed E-state index contributed by atoms with van der Waals surface area (Å²) in [5, 5.41) is 7.38. The third-order valence-electron chi connectivity index (χ3n) is 3.71. The predicted molar refractivity (Wildman–Crippen MR) is 105 cm³/mol. The smallest absolute Gasteiger partial charge is 0.320 e. The summed E-state index contributed by atoms with van der Waals surface area (Å²) in [5.41, 5.74) is 1.98. The monoisotopic (exact) mass is 372 g/mol. The van der Waals surface area contributed by atoms with Crippen LogP contribution in [0.2, 0.25) is 0 Å². The maximum absolute atomic E-state index is 11.6. The molecule has 26 heavy (non-hydrogen) atoms. The first-order valence-corrected chi connectivity index (χ1v) is 8.13. The van der Waals surface area contributed by atoms with Gasteiger partial charge < -0.3 is 10.1 Å². The first-order valence-electron chi connectivity index (χ1n) is 8.13. The molecule has 0 aliphatic heterocycles. The van der Waals surface area contributed by atoms with Gasteiger partial charge >= 0.3 is 6.03 Å². The van der Waals surface area contributed by atoms with Crippen molar-refractivity contribution in [3.8, 4) is 5.75 Å². The van der Waals surface area contributed by atoms with E-state index in [9.17, 15) is 4.79 Å². The number of aromatic nitrogens is 2. The summed E-state index contributed by atoms with van der Waals surface area (Å²) in [4.78, 5) is 20.2. The quantitative estimate of drug-likeness (QED) is 0.707. The first-order chi connectivity index (χ1) is 12.2. The van der Waals surface area contributed by atoms with Gasteiger partial charge in [-0.05, 0) is 43.0 Å². The summed E-state index contributed by atoms with van der Waals surface area (Å²) in [5.74, 6) is 1.24. The second kappa shape index (κ2) is 9.01. The lowest BCUT2D eigenvalue weighted by molar-refractivity contribution is 0.252. The molecule has 2 amide bonds. The number of rotatable bonds is 5. The zero-order valence-corrected chi connectivity index (χ0v) is 15.5. The fourth-order valence-electron chi connectivity index (χ4n) is 2.45. The Morgan fingerprint density at radius 1 is 1.15 bits per heavy atom. The van der Waals surface area contributed by atoms with Gasteiger partial charge in [0.2, 0.25) is 0 Å². The number of amides is 2. The lowest BCUT2D eigenvalue weighted by Gasteiger charge is -2.10. The van der Waals surface area contributed by atoms with Crippen LogP contribution in [-0.4, -0.2) is 22.5 Å². The summed E-state index contributed by atoms with van der Waals surface area (Å²) < 4.78 is 5.81. The zero-order chi connectivity index (χ0) is 17.6. The van der Waals surface area contributed by atoms with Crippen molar-refractivity contribution in [1.82, 2.24) is 15.3 Å². The van der Waals surface area contributed by atoms with E-state index in [0.29, 0.717) is 19.0 Å². The summed E-state index contributed by atoms with van der Waals surface area (Å²) >= 11 is 0. The van der Waals surface area contributed by atoms with Crippen molar-refractivity contribution >= 4 is 35.0 Å². The van der Waals surface area contributed by atoms with Gasteiger partial charge in [-0.2, -0.15) is 0 Å². The number of urea groups is 1. The van der Waals surface area contributed by atoms with E-state index >= 15 is 0 Å². The lowest BCUT2D eigenvalue weighted by atomic mass is 10.1. The van der Waals surface area contributed by atoms with E-state index in [1.165, 1.54) is 0 Å². The van der Waals surface area contributed by atoms with E-state index in [2.05, 4.69) is 20.6 Å². The summed E-state index contributed by atoms with van der Waals surface area (Å²) in [7, 11) is 0. The molecule has 0 fully saturated rings. The number of halogens is 1. The molecule has 0 aliphatic carbocycles. The van der Waals surface area contributed by atoms with Gasteiger partial charge in [-0.3, -0.25) is 10.3 Å². The Labute approximate surface area is 158 Å². The fraction of sp³-hybridized carbons (Fsp3) is 0.211. The Morgan fingerprint density at radius 2 is 2.00 bits per heavy atom. The van der Waals surface area contributed by atoms with Gasteiger partial charge in [0, 0.05) is 23.8 Å². The second-order valence-electron chi connectivity index (χ2n) is 5.62. The number of hydrogen-bond acceptors (Lipinski definition) is 4. The molecule has 0 bridgehead atoms. The van der Waals surface area contributed by atoms with Gasteiger partial charge in [-0.25, -0.2) is 9.78 Å². The Morgan fingerprint density at radius 3 is 2.73 bits per heavy atom. The number of fused-ring (bicyclic) bond motifs is 1. The number of carbonyl (C=O) groups is 1. The van der Waals surface area contributed by atoms with Crippen molar-refractivity contribution in [2.75, 3.05) is 11.9 Å². The second-order valence-corrected chi connectivity index (χ2v) is 5.62. The van der Waals surface area contributed by atoms with E-state index in [4.69, 9.17) is 4.74 Å². The van der Waals surface area contributed by atoms with Crippen LogP contribution in [0, 0.1) is 6.92 Å². The van der Waals surface area contributed by atoms with E-state index in [1.807, 2.05) is 50.2 Å². The van der Waals surface area contributed by atoms with Crippen molar-refractivity contribution in [2.24, 2.45) is 0 Å². The molecule has 0 radical (unpaired) electrons. The van der Waals surface area contributed by atoms with Crippen LogP contribution in [0.1, 0.15) is 18.2 Å². The average molecular weight is 373 g/mol. The minimum absolute atomic E-state index is 0. The van der Waals surface area contributed by atoms with E-state index in [-0.39, 0.29) is 18.4 Å². The highest BCUT2D eigenvalue weighted by Crippen LogP contribution is 2.22. The van der Waals surface area contributed by atoms with E-state index < -0.39 is 0 Å². The number of nitrogens with zero attached hydrogens (tertiary/aromatic N) is 2. The molecule has 2 aromatic heterocycles. The molecule has 0 saturated heterocycles. The van der Waals surface area contributed by atoms with Crippen LogP contribution in [0.4, 0.5) is 10.6 Å². The van der Waals surface area contributed by atoms with Crippen molar-refractivity contribution in [1.29, 1.82) is 0 Å². The molecule has 3 rings (SSSR count). The van der Waals surface area contributed by atoms with Crippen LogP contribution in [0.15, 0.2) is 48.8 Å². The topological polar surface area (TPSA) is 76.1 Å². The van der Waals surface area contributed by atoms with E-state index in [0.717, 1.165) is 27.8 Å². The van der Waals surface area contributed by atoms with E-state index in [1.54, 1.807) is 12.4 Å². The molecular weight excluding hydrogens is 352 g/mol. The van der Waals surface area contributed by atoms with Gasteiger partial charge in [0.15, 0.2) is 0 Å². The number of aryl methyl sites for hydroxylation is 1. The molecule has 0 aliphatic rings. The molecule has 2 N–H and O–H groups in total. The van der Waals surface area contributed by atoms with Crippen LogP contribution in [0.25, 0.3) is 10.8 Å². The molecular formula is C19H21ClN4O2. The van der Waals surface area contributed by atoms with Crippen LogP contribution in [0.5, 0.6) is 5.75 Å². The van der Waals surface area contributed by atoms with Gasteiger partial charge in [0.25, 0.3) is 0 Å². The molecule has 1 aromatic carbocycles. The number of anilines is 1. The molecule has 0 unspecified atom stereocenters. The van der Waals surface area contributed by atoms with Crippen molar-refractivity contribution < 1.29 is 9.53 Å². The maximum atomic E-state index is 11.6. The molecule has 136 valence electrons. The number of pyridine rings is 2. The third-order valence-corrected chi connectivity index (χ3v) is 3.71. The Hall–Kier alpha value is -2.86. The summed E-state index contributed by atoms with van der Waals surface area (Å²) in [6.07, 6.45) is 3.47. The molecule has 0 spiro atoms.